The average molecular weight is 1020 g/mol. The van der Waals surface area contributed by atoms with Gasteiger partial charge in [0.05, 0.1) is 31.1 Å². The van der Waals surface area contributed by atoms with Gasteiger partial charge < -0.3 is 51.3 Å². The van der Waals surface area contributed by atoms with Crippen LogP contribution in [-0.2, 0) is 19.3 Å². The maximum atomic E-state index is 14.3. The standard InChI is InChI=1S/C22H27F2N5O4.C14H13F2N3O4S.C10H20N2O2/c1-22(2,3)33-21(31)29-9-7-12(8-10-29)27-20-26-11-13(19(25)28-20)18(30)16-15(32-4)6-5-14(23)17(16)24;1-3-24(21,22)14-18-6-7(13(17)19-14)12(20)10-9(23-2)5-4-8(15)11(10)16;1-10(2,3)14-9(13)12-6-4-8(11)5-7-12/h5-6,11-12H,7-10H2,1-4H3,(H3,25,26,27,28);4-6H,3H2,1-2H3,(H2,17,18,19);8H,4-7,11H2,1-3H3. The average Bonchev–Trinajstić information content (AvgIpc) is 3.30. The summed E-state index contributed by atoms with van der Waals surface area (Å²) in [6.07, 6.45) is 4.46. The second-order valence-corrected chi connectivity index (χ2v) is 20.2. The molecule has 4 aromatic rings. The van der Waals surface area contributed by atoms with Gasteiger partial charge in [0.25, 0.3) is 0 Å². The molecule has 0 unspecified atom stereocenters. The number of anilines is 3. The van der Waals surface area contributed by atoms with Crippen molar-refractivity contribution in [3.8, 4) is 11.5 Å². The molecule has 2 aromatic carbocycles. The summed E-state index contributed by atoms with van der Waals surface area (Å²) < 4.78 is 99.2. The highest BCUT2D eigenvalue weighted by Gasteiger charge is 2.30. The fraction of sp³-hybridized carbons (Fsp3) is 0.478. The molecule has 2 fully saturated rings. The Bertz CT molecular complexity index is 2690. The molecule has 20 nitrogen and oxygen atoms in total. The number of carbonyl (C=O) groups excluding carboxylic acids is 4. The van der Waals surface area contributed by atoms with E-state index in [1.807, 2.05) is 41.5 Å². The van der Waals surface area contributed by atoms with Gasteiger partial charge in [-0.15, -0.1) is 0 Å². The molecular weight excluding hydrogens is 961 g/mol. The van der Waals surface area contributed by atoms with Gasteiger partial charge in [-0.25, -0.2) is 50.5 Å². The zero-order valence-corrected chi connectivity index (χ0v) is 41.7. The van der Waals surface area contributed by atoms with Crippen LogP contribution in [0.15, 0.2) is 41.8 Å². The molecule has 4 heterocycles. The van der Waals surface area contributed by atoms with Crippen molar-refractivity contribution in [2.24, 2.45) is 5.73 Å². The highest BCUT2D eigenvalue weighted by Crippen LogP contribution is 2.30. The van der Waals surface area contributed by atoms with Crippen LogP contribution in [0.3, 0.4) is 0 Å². The summed E-state index contributed by atoms with van der Waals surface area (Å²) in [5.41, 5.74) is 14.5. The van der Waals surface area contributed by atoms with Gasteiger partial charge in [0.2, 0.25) is 32.5 Å². The van der Waals surface area contributed by atoms with Crippen molar-refractivity contribution in [1.82, 2.24) is 29.7 Å². The first-order valence-electron chi connectivity index (χ1n) is 22.2. The summed E-state index contributed by atoms with van der Waals surface area (Å²) in [6, 6.07) is 4.13. The smallest absolute Gasteiger partial charge is 0.410 e. The number of ketones is 2. The van der Waals surface area contributed by atoms with Gasteiger partial charge in [-0.1, -0.05) is 6.92 Å². The number of hydrogen-bond donors (Lipinski definition) is 4. The number of nitrogens with zero attached hydrogens (tertiary/aromatic N) is 6. The summed E-state index contributed by atoms with van der Waals surface area (Å²) in [7, 11) is -1.31. The topological polar surface area (TPSA) is 287 Å². The van der Waals surface area contributed by atoms with E-state index in [0.717, 1.165) is 62.6 Å². The van der Waals surface area contributed by atoms with Crippen LogP contribution < -0.4 is 32.0 Å². The molecule has 0 radical (unpaired) electrons. The summed E-state index contributed by atoms with van der Waals surface area (Å²) in [6.45, 7) is 14.9. The van der Waals surface area contributed by atoms with Crippen molar-refractivity contribution >= 4 is 51.2 Å². The Morgan fingerprint density at radius 1 is 0.690 bits per heavy atom. The Morgan fingerprint density at radius 2 is 1.10 bits per heavy atom. The van der Waals surface area contributed by atoms with Crippen molar-refractivity contribution < 1.29 is 64.1 Å². The number of likely N-dealkylation sites (tertiary alicyclic amines) is 2. The lowest BCUT2D eigenvalue weighted by atomic mass is 10.0. The zero-order chi connectivity index (χ0) is 53.2. The van der Waals surface area contributed by atoms with Crippen LogP contribution in [-0.4, -0.2) is 131 Å². The quantitative estimate of drug-likeness (QED) is 0.0792. The normalized spacial score (nSPS) is 14.5. The number of benzene rings is 2. The number of rotatable bonds is 10. The van der Waals surface area contributed by atoms with Gasteiger partial charge in [0.15, 0.2) is 23.3 Å². The first-order chi connectivity index (χ1) is 33.1. The number of piperidine rings is 2. The van der Waals surface area contributed by atoms with Crippen molar-refractivity contribution in [2.45, 2.75) is 103 Å². The van der Waals surface area contributed by atoms with Gasteiger partial charge in [-0.2, -0.15) is 4.98 Å². The fourth-order valence-electron chi connectivity index (χ4n) is 6.69. The fourth-order valence-corrected chi connectivity index (χ4v) is 7.40. The molecular formula is C46H60F4N10O10S. The number of nitrogen functional groups attached to an aromatic ring is 2. The van der Waals surface area contributed by atoms with Crippen molar-refractivity contribution in [3.05, 3.63) is 82.2 Å². The van der Waals surface area contributed by atoms with E-state index < -0.39 is 78.0 Å². The number of carbonyl (C=O) groups is 4. The number of ether oxygens (including phenoxy) is 4. The van der Waals surface area contributed by atoms with Crippen LogP contribution in [0.1, 0.15) is 106 Å². The maximum Gasteiger partial charge on any atom is 0.410 e. The van der Waals surface area contributed by atoms with Crippen LogP contribution >= 0.6 is 0 Å². The lowest BCUT2D eigenvalue weighted by molar-refractivity contribution is 0.0197. The first kappa shape index (κ1) is 56.7. The van der Waals surface area contributed by atoms with Crippen LogP contribution in [0.4, 0.5) is 44.7 Å². The third-order valence-electron chi connectivity index (χ3n) is 10.4. The number of amides is 2. The summed E-state index contributed by atoms with van der Waals surface area (Å²) in [5.74, 6) is -8.15. The van der Waals surface area contributed by atoms with E-state index in [9.17, 15) is 45.2 Å². The molecule has 2 aliphatic rings. The number of methoxy groups -OCH3 is 2. The third kappa shape index (κ3) is 15.3. The second-order valence-electron chi connectivity index (χ2n) is 18.1. The molecule has 2 amide bonds. The number of aromatic nitrogens is 4. The highest BCUT2D eigenvalue weighted by molar-refractivity contribution is 7.91. The Labute approximate surface area is 408 Å². The van der Waals surface area contributed by atoms with E-state index in [0.29, 0.717) is 25.9 Å². The predicted octanol–water partition coefficient (Wildman–Crippen LogP) is 6.10. The molecule has 0 atom stereocenters. The van der Waals surface area contributed by atoms with Crippen LogP contribution in [0.25, 0.3) is 0 Å². The van der Waals surface area contributed by atoms with Gasteiger partial charge >= 0.3 is 12.2 Å². The largest absolute Gasteiger partial charge is 0.496 e. The highest BCUT2D eigenvalue weighted by atomic mass is 32.2. The van der Waals surface area contributed by atoms with Gasteiger partial charge in [0.1, 0.15) is 45.5 Å². The maximum absolute atomic E-state index is 14.3. The molecule has 0 aliphatic carbocycles. The van der Waals surface area contributed by atoms with Crippen molar-refractivity contribution in [3.63, 3.8) is 0 Å². The Hall–Kier alpha value is -6.89. The Kier molecular flexibility index (Phi) is 19.0. The molecule has 6 rings (SSSR count). The minimum Gasteiger partial charge on any atom is -0.496 e. The molecule has 71 heavy (non-hydrogen) atoms. The van der Waals surface area contributed by atoms with E-state index in [1.54, 1.807) is 9.80 Å². The summed E-state index contributed by atoms with van der Waals surface area (Å²) >= 11 is 0. The molecule has 0 spiro atoms. The molecule has 0 saturated carbocycles. The molecule has 0 bridgehead atoms. The summed E-state index contributed by atoms with van der Waals surface area (Å²) in [4.78, 5) is 67.7. The molecule has 7 N–H and O–H groups in total. The molecule has 25 heteroatoms. The van der Waals surface area contributed by atoms with E-state index in [2.05, 4.69) is 25.3 Å². The molecule has 388 valence electrons. The van der Waals surface area contributed by atoms with Crippen molar-refractivity contribution in [1.29, 1.82) is 0 Å². The van der Waals surface area contributed by atoms with E-state index in [-0.39, 0.29) is 64.4 Å². The van der Waals surface area contributed by atoms with E-state index >= 15 is 0 Å². The SMILES string of the molecule is CC(C)(C)OC(=O)N1CCC(N)CC1.CCS(=O)(=O)c1ncc(C(=O)c2c(OC)ccc(F)c2F)c(N)n1.COc1ccc(F)c(F)c1C(=O)c1cnc(NC2CCN(C(=O)OC(C)(C)C)CC2)nc1N. The van der Waals surface area contributed by atoms with Gasteiger partial charge in [0, 0.05) is 50.7 Å². The van der Waals surface area contributed by atoms with E-state index in [4.69, 9.17) is 36.1 Å². The van der Waals surface area contributed by atoms with Gasteiger partial charge in [-0.3, -0.25) is 9.59 Å². The number of hydrogen-bond acceptors (Lipinski definition) is 18. The molecule has 2 saturated heterocycles. The van der Waals surface area contributed by atoms with Crippen LogP contribution in [0, 0.1) is 23.3 Å². The van der Waals surface area contributed by atoms with Crippen molar-refractivity contribution in [2.75, 3.05) is 62.9 Å². The number of sulfone groups is 1. The second kappa shape index (κ2) is 23.8. The predicted molar refractivity (Wildman–Crippen MR) is 253 cm³/mol. The Morgan fingerprint density at radius 3 is 1.48 bits per heavy atom. The van der Waals surface area contributed by atoms with Gasteiger partial charge in [-0.05, 0) is 91.5 Å². The third-order valence-corrected chi connectivity index (χ3v) is 12.0. The molecule has 2 aliphatic heterocycles. The lowest BCUT2D eigenvalue weighted by Crippen LogP contribution is -2.44. The number of nitrogens with one attached hydrogen (secondary N) is 1. The summed E-state index contributed by atoms with van der Waals surface area (Å²) in [5, 5.41) is 2.58. The lowest BCUT2D eigenvalue weighted by Gasteiger charge is -2.33. The Balaban J connectivity index is 0.000000251. The number of halogens is 4. The minimum absolute atomic E-state index is 0.0228. The minimum atomic E-state index is -3.73. The van der Waals surface area contributed by atoms with Crippen LogP contribution in [0.2, 0.25) is 0 Å². The number of nitrogens with two attached hydrogens (primary N) is 3. The van der Waals surface area contributed by atoms with E-state index in [1.165, 1.54) is 21.1 Å². The monoisotopic (exact) mass is 1020 g/mol. The van der Waals surface area contributed by atoms with Crippen LogP contribution in [0.5, 0.6) is 11.5 Å². The zero-order valence-electron chi connectivity index (χ0n) is 40.9. The first-order valence-corrected chi connectivity index (χ1v) is 23.9. The molecule has 2 aromatic heterocycles.